The molecule has 0 bridgehead atoms. The van der Waals surface area contributed by atoms with E-state index >= 15 is 0 Å². The fourth-order valence-corrected chi connectivity index (χ4v) is 0.949. The lowest BCUT2D eigenvalue weighted by atomic mass is 10.1. The second-order valence-corrected chi connectivity index (χ2v) is 2.88. The van der Waals surface area contributed by atoms with Gasteiger partial charge in [0.1, 0.15) is 0 Å². The summed E-state index contributed by atoms with van der Waals surface area (Å²) in [4.78, 5) is 21.1. The highest BCUT2D eigenvalue weighted by Gasteiger charge is 2.17. The molecule has 4 heteroatoms. The van der Waals surface area contributed by atoms with Crippen molar-refractivity contribution in [3.05, 3.63) is 21.6 Å². The average Bonchev–Trinajstić information content (AvgIpc) is 1.84. The van der Waals surface area contributed by atoms with E-state index in [-0.39, 0.29) is 3.58 Å². The van der Waals surface area contributed by atoms with Gasteiger partial charge in [0.2, 0.25) is 5.78 Å². The molecule has 0 unspecified atom stereocenters. The molecule has 0 amide bonds. The molecule has 0 N–H and O–H groups in total. The Labute approximate surface area is 69.9 Å². The summed E-state index contributed by atoms with van der Waals surface area (Å²) < 4.78 is 12.5. The molecule has 0 saturated carbocycles. The Bertz CT molecular complexity index is 237. The van der Waals surface area contributed by atoms with E-state index < -0.39 is 17.4 Å². The van der Waals surface area contributed by atoms with Crippen LogP contribution in [0.15, 0.2) is 21.6 Å². The van der Waals surface area contributed by atoms with Crippen molar-refractivity contribution in [3.8, 4) is 0 Å². The first kappa shape index (κ1) is 7.59. The lowest BCUT2D eigenvalue weighted by Gasteiger charge is -1.98. The Balaban J connectivity index is 3.03. The van der Waals surface area contributed by atoms with Gasteiger partial charge in [-0.2, -0.15) is 0 Å². The monoisotopic (exact) mass is 252 g/mol. The topological polar surface area (TPSA) is 34.1 Å². The van der Waals surface area contributed by atoms with Crippen LogP contribution in [0, 0.1) is 0 Å². The second-order valence-electron chi connectivity index (χ2n) is 1.71. The Morgan fingerprint density at radius 2 is 1.80 bits per heavy atom. The van der Waals surface area contributed by atoms with Gasteiger partial charge in [-0.3, -0.25) is 9.59 Å². The van der Waals surface area contributed by atoms with Crippen LogP contribution in [0.1, 0.15) is 0 Å². The van der Waals surface area contributed by atoms with Crippen LogP contribution in [-0.4, -0.2) is 11.6 Å². The van der Waals surface area contributed by atoms with Gasteiger partial charge >= 0.3 is 0 Å². The van der Waals surface area contributed by atoms with Gasteiger partial charge in [-0.1, -0.05) is 0 Å². The molecule has 0 atom stereocenters. The van der Waals surface area contributed by atoms with Crippen LogP contribution in [-0.2, 0) is 9.59 Å². The Kier molecular flexibility index (Phi) is 1.98. The number of hydrogen-bond acceptors (Lipinski definition) is 2. The number of carbonyl (C=O) groups is 2. The first-order chi connectivity index (χ1) is 4.61. The number of ketones is 2. The van der Waals surface area contributed by atoms with Crippen LogP contribution in [0.25, 0.3) is 0 Å². The van der Waals surface area contributed by atoms with Gasteiger partial charge in [0.05, 0.1) is 3.58 Å². The SMILES string of the molecule is O=C1C=C(I)C(=O)C=C1F. The summed E-state index contributed by atoms with van der Waals surface area (Å²) in [5.74, 6) is -2.16. The summed E-state index contributed by atoms with van der Waals surface area (Å²) in [5, 5.41) is 0. The fourth-order valence-electron chi connectivity index (χ4n) is 0.510. The van der Waals surface area contributed by atoms with Crippen LogP contribution in [0.5, 0.6) is 0 Å². The fraction of sp³-hybridized carbons (Fsp3) is 0. The van der Waals surface area contributed by atoms with Gasteiger partial charge < -0.3 is 0 Å². The highest BCUT2D eigenvalue weighted by atomic mass is 127. The van der Waals surface area contributed by atoms with Crippen molar-refractivity contribution >= 4 is 34.2 Å². The molecule has 52 valence electrons. The van der Waals surface area contributed by atoms with Gasteiger partial charge in [-0.25, -0.2) is 4.39 Å². The van der Waals surface area contributed by atoms with E-state index in [0.717, 1.165) is 6.08 Å². The molecule has 10 heavy (non-hydrogen) atoms. The molecule has 0 heterocycles. The number of halogens is 2. The van der Waals surface area contributed by atoms with Crippen molar-refractivity contribution in [2.45, 2.75) is 0 Å². The summed E-state index contributed by atoms with van der Waals surface area (Å²) in [6.07, 6.45) is 1.68. The zero-order valence-corrected chi connectivity index (χ0v) is 6.88. The molecule has 1 rings (SSSR count). The maximum Gasteiger partial charge on any atom is 0.215 e. The molecule has 0 saturated heterocycles. The molecule has 0 fully saturated rings. The van der Waals surface area contributed by atoms with E-state index in [1.165, 1.54) is 0 Å². The Hall–Kier alpha value is -0.520. The largest absolute Gasteiger partial charge is 0.289 e. The smallest absolute Gasteiger partial charge is 0.215 e. The van der Waals surface area contributed by atoms with Crippen LogP contribution < -0.4 is 0 Å². The molecule has 1 aliphatic carbocycles. The third-order valence-corrected chi connectivity index (χ3v) is 1.83. The molecule has 0 spiro atoms. The molecule has 2 nitrogen and oxygen atoms in total. The van der Waals surface area contributed by atoms with Crippen molar-refractivity contribution in [2.75, 3.05) is 0 Å². The van der Waals surface area contributed by atoms with Crippen LogP contribution in [0.2, 0.25) is 0 Å². The van der Waals surface area contributed by atoms with Gasteiger partial charge in [0, 0.05) is 12.2 Å². The lowest BCUT2D eigenvalue weighted by molar-refractivity contribution is -0.115. The van der Waals surface area contributed by atoms with Crippen LogP contribution in [0.4, 0.5) is 4.39 Å². The normalized spacial score (nSPS) is 18.6. The van der Waals surface area contributed by atoms with Crippen molar-refractivity contribution in [1.82, 2.24) is 0 Å². The molecule has 1 aliphatic rings. The van der Waals surface area contributed by atoms with Gasteiger partial charge in [-0.15, -0.1) is 0 Å². The first-order valence-electron chi connectivity index (χ1n) is 2.44. The molecule has 0 aliphatic heterocycles. The van der Waals surface area contributed by atoms with Crippen molar-refractivity contribution in [2.24, 2.45) is 0 Å². The van der Waals surface area contributed by atoms with E-state index in [0.29, 0.717) is 6.08 Å². The third-order valence-electron chi connectivity index (χ3n) is 0.986. The lowest BCUT2D eigenvalue weighted by Crippen LogP contribution is -2.06. The average molecular weight is 252 g/mol. The Morgan fingerprint density at radius 3 is 2.30 bits per heavy atom. The van der Waals surface area contributed by atoms with E-state index in [1.807, 2.05) is 0 Å². The molecule has 0 aromatic rings. The predicted octanol–water partition coefficient (Wildman–Crippen LogP) is 1.31. The highest BCUT2D eigenvalue weighted by molar-refractivity contribution is 14.1. The van der Waals surface area contributed by atoms with Gasteiger partial charge in [-0.05, 0) is 22.6 Å². The highest BCUT2D eigenvalue weighted by Crippen LogP contribution is 2.17. The number of hydrogen-bond donors (Lipinski definition) is 0. The Morgan fingerprint density at radius 1 is 1.20 bits per heavy atom. The van der Waals surface area contributed by atoms with Crippen molar-refractivity contribution < 1.29 is 14.0 Å². The van der Waals surface area contributed by atoms with Crippen LogP contribution in [0.3, 0.4) is 0 Å². The second kappa shape index (κ2) is 2.61. The number of carbonyl (C=O) groups excluding carboxylic acids is 2. The third kappa shape index (κ3) is 1.31. The van der Waals surface area contributed by atoms with Crippen molar-refractivity contribution in [1.29, 1.82) is 0 Å². The minimum absolute atomic E-state index is 0.254. The van der Waals surface area contributed by atoms with E-state index in [4.69, 9.17) is 0 Å². The van der Waals surface area contributed by atoms with Crippen molar-refractivity contribution in [3.63, 3.8) is 0 Å². The zero-order valence-electron chi connectivity index (χ0n) is 4.73. The van der Waals surface area contributed by atoms with E-state index in [1.54, 1.807) is 22.6 Å². The minimum atomic E-state index is -0.981. The molecular formula is C6H2FIO2. The standard InChI is InChI=1S/C6H2FIO2/c7-3-1-6(10)4(8)2-5(3)9/h1-2H. The molecule has 0 aromatic carbocycles. The predicted molar refractivity (Wildman–Crippen MR) is 41.3 cm³/mol. The van der Waals surface area contributed by atoms with E-state index in [9.17, 15) is 14.0 Å². The maximum atomic E-state index is 12.2. The molecule has 0 aromatic heterocycles. The first-order valence-corrected chi connectivity index (χ1v) is 3.52. The summed E-state index contributed by atoms with van der Waals surface area (Å²) in [6, 6.07) is 0. The maximum absolute atomic E-state index is 12.2. The molecule has 0 radical (unpaired) electrons. The summed E-state index contributed by atoms with van der Waals surface area (Å²) in [6.45, 7) is 0. The van der Waals surface area contributed by atoms with Gasteiger partial charge in [0.25, 0.3) is 0 Å². The number of rotatable bonds is 0. The van der Waals surface area contributed by atoms with Gasteiger partial charge in [0.15, 0.2) is 11.6 Å². The number of allylic oxidation sites excluding steroid dienone is 4. The van der Waals surface area contributed by atoms with E-state index in [2.05, 4.69) is 0 Å². The quantitative estimate of drug-likeness (QED) is 0.481. The molecular weight excluding hydrogens is 250 g/mol. The minimum Gasteiger partial charge on any atom is -0.289 e. The summed E-state index contributed by atoms with van der Waals surface area (Å²) in [5.41, 5.74) is 0. The summed E-state index contributed by atoms with van der Waals surface area (Å²) >= 11 is 1.69. The zero-order chi connectivity index (χ0) is 7.72. The van der Waals surface area contributed by atoms with Crippen LogP contribution >= 0.6 is 22.6 Å². The summed E-state index contributed by atoms with van der Waals surface area (Å²) in [7, 11) is 0.